The SMILES string of the molecule is CC(C)CCC(=O)N1C[C@H](C)C[C@H]1OOP(=O)(O)O[C@@H]1C[C@@H](COC(C)C)N(C(=O)CCCSC(C)C)C1. The molecule has 2 aliphatic heterocycles. The summed E-state index contributed by atoms with van der Waals surface area (Å²) in [6, 6.07) is -0.252. The number of likely N-dealkylation sites (tertiary alicyclic amines) is 2. The molecule has 2 rings (SSSR count). The van der Waals surface area contributed by atoms with E-state index in [0.29, 0.717) is 50.0 Å². The van der Waals surface area contributed by atoms with E-state index in [1.807, 2.05) is 32.5 Å². The molecule has 2 fully saturated rings. The highest BCUT2D eigenvalue weighted by Gasteiger charge is 2.42. The van der Waals surface area contributed by atoms with E-state index in [2.05, 4.69) is 27.7 Å². The molecule has 10 nitrogen and oxygen atoms in total. The summed E-state index contributed by atoms with van der Waals surface area (Å²) in [6.07, 6.45) is 1.73. The number of hydrogen-bond donors (Lipinski definition) is 1. The predicted molar refractivity (Wildman–Crippen MR) is 148 cm³/mol. The van der Waals surface area contributed by atoms with Gasteiger partial charge in [0.1, 0.15) is 0 Å². The number of hydrogen-bond acceptors (Lipinski definition) is 8. The number of thioether (sulfide) groups is 1. The molecule has 2 aliphatic rings. The second-order valence-corrected chi connectivity index (χ2v) is 14.5. The van der Waals surface area contributed by atoms with Crippen molar-refractivity contribution in [2.75, 3.05) is 25.4 Å². The molecule has 0 aromatic heterocycles. The Balaban J connectivity index is 1.93. The number of phosphoric acid groups is 1. The minimum atomic E-state index is -4.60. The van der Waals surface area contributed by atoms with Gasteiger partial charge >= 0.3 is 7.82 Å². The molecule has 0 radical (unpaired) electrons. The molecule has 1 unspecified atom stereocenters. The molecule has 0 aromatic carbocycles. The van der Waals surface area contributed by atoms with Crippen molar-refractivity contribution in [2.24, 2.45) is 11.8 Å². The van der Waals surface area contributed by atoms with Gasteiger partial charge < -0.3 is 19.4 Å². The highest BCUT2D eigenvalue weighted by atomic mass is 32.2. The highest BCUT2D eigenvalue weighted by molar-refractivity contribution is 7.99. The number of carbonyl (C=O) groups excluding carboxylic acids is 2. The van der Waals surface area contributed by atoms with Gasteiger partial charge in [-0.25, -0.2) is 9.45 Å². The molecule has 0 bridgehead atoms. The van der Waals surface area contributed by atoms with E-state index in [9.17, 15) is 19.0 Å². The zero-order valence-corrected chi connectivity index (χ0v) is 25.9. The Kier molecular flexibility index (Phi) is 14.1. The van der Waals surface area contributed by atoms with E-state index in [1.165, 1.54) is 0 Å². The average Bonchev–Trinajstić information content (AvgIpc) is 3.39. The third-order valence-corrected chi connectivity index (χ3v) is 8.58. The molecule has 5 atom stereocenters. The summed E-state index contributed by atoms with van der Waals surface area (Å²) >= 11 is 1.82. The summed E-state index contributed by atoms with van der Waals surface area (Å²) in [5.74, 6) is 1.40. The van der Waals surface area contributed by atoms with Gasteiger partial charge in [-0.15, -0.1) is 4.67 Å². The topological polar surface area (TPSA) is 115 Å². The first kappa shape index (κ1) is 33.5. The number of phosphoric ester groups is 1. The van der Waals surface area contributed by atoms with E-state index >= 15 is 0 Å². The van der Waals surface area contributed by atoms with Crippen molar-refractivity contribution in [3.63, 3.8) is 0 Å². The second kappa shape index (κ2) is 15.9. The lowest BCUT2D eigenvalue weighted by atomic mass is 10.1. The molecule has 0 aliphatic carbocycles. The monoisotopic (exact) mass is 580 g/mol. The average molecular weight is 581 g/mol. The van der Waals surface area contributed by atoms with Gasteiger partial charge in [-0.1, -0.05) is 34.6 Å². The van der Waals surface area contributed by atoms with Crippen molar-refractivity contribution >= 4 is 31.4 Å². The lowest BCUT2D eigenvalue weighted by Crippen LogP contribution is -2.39. The normalized spacial score (nSPS) is 25.7. The van der Waals surface area contributed by atoms with Crippen LogP contribution in [0.1, 0.15) is 87.0 Å². The number of nitrogens with zero attached hydrogens (tertiary/aromatic N) is 2. The Labute approximate surface area is 233 Å². The van der Waals surface area contributed by atoms with Crippen molar-refractivity contribution in [1.29, 1.82) is 0 Å². The van der Waals surface area contributed by atoms with Gasteiger partial charge in [0.2, 0.25) is 11.8 Å². The lowest BCUT2D eigenvalue weighted by Gasteiger charge is -2.25. The van der Waals surface area contributed by atoms with E-state index in [1.54, 1.807) is 9.80 Å². The summed E-state index contributed by atoms with van der Waals surface area (Å²) < 4.78 is 28.9. The van der Waals surface area contributed by atoms with E-state index in [0.717, 1.165) is 18.6 Å². The summed E-state index contributed by atoms with van der Waals surface area (Å²) in [7, 11) is -4.60. The first-order chi connectivity index (χ1) is 17.8. The van der Waals surface area contributed by atoms with Gasteiger partial charge in [0, 0.05) is 25.9 Å². The molecule has 2 heterocycles. The Morgan fingerprint density at radius 2 is 1.71 bits per heavy atom. The summed E-state index contributed by atoms with van der Waals surface area (Å²) in [5, 5.41) is 0.514. The van der Waals surface area contributed by atoms with Gasteiger partial charge in [0.25, 0.3) is 0 Å². The molecule has 0 aromatic rings. The number of amides is 2. The summed E-state index contributed by atoms with van der Waals surface area (Å²) in [4.78, 5) is 44.6. The van der Waals surface area contributed by atoms with Gasteiger partial charge in [-0.2, -0.15) is 11.8 Å². The molecule has 2 saturated heterocycles. The molecular weight excluding hydrogens is 531 g/mol. The largest absolute Gasteiger partial charge is 0.499 e. The van der Waals surface area contributed by atoms with Crippen molar-refractivity contribution < 1.29 is 37.9 Å². The number of rotatable bonds is 16. The second-order valence-electron chi connectivity index (χ2n) is 11.5. The molecular formula is C26H49N2O8PS. The van der Waals surface area contributed by atoms with Crippen LogP contribution in [-0.4, -0.2) is 81.7 Å². The molecule has 12 heteroatoms. The van der Waals surface area contributed by atoms with Gasteiger partial charge in [0.05, 0.1) is 24.9 Å². The Hall–Kier alpha value is -0.680. The third kappa shape index (κ3) is 11.8. The Bertz CT molecular complexity index is 799. The Morgan fingerprint density at radius 3 is 2.34 bits per heavy atom. The zero-order valence-electron chi connectivity index (χ0n) is 24.2. The van der Waals surface area contributed by atoms with E-state index < -0.39 is 20.2 Å². The number of carbonyl (C=O) groups is 2. The molecule has 38 heavy (non-hydrogen) atoms. The zero-order chi connectivity index (χ0) is 28.5. The van der Waals surface area contributed by atoms with Crippen LogP contribution in [0.15, 0.2) is 0 Å². The van der Waals surface area contributed by atoms with Crippen LogP contribution in [0, 0.1) is 11.8 Å². The predicted octanol–water partition coefficient (Wildman–Crippen LogP) is 5.00. The fourth-order valence-corrected chi connectivity index (χ4v) is 6.18. The summed E-state index contributed by atoms with van der Waals surface area (Å²) in [5.41, 5.74) is 0. The third-order valence-electron chi connectivity index (χ3n) is 6.55. The highest BCUT2D eigenvalue weighted by Crippen LogP contribution is 2.47. The van der Waals surface area contributed by atoms with Crippen LogP contribution in [0.25, 0.3) is 0 Å². The van der Waals surface area contributed by atoms with Crippen LogP contribution in [0.4, 0.5) is 0 Å². The van der Waals surface area contributed by atoms with E-state index in [-0.39, 0.29) is 36.4 Å². The molecule has 2 amide bonds. The number of ether oxygens (including phenoxy) is 1. The smallest absolute Gasteiger partial charge is 0.377 e. The van der Waals surface area contributed by atoms with Crippen LogP contribution >= 0.6 is 19.6 Å². The van der Waals surface area contributed by atoms with Crippen LogP contribution in [0.2, 0.25) is 0 Å². The van der Waals surface area contributed by atoms with Crippen LogP contribution < -0.4 is 0 Å². The van der Waals surface area contributed by atoms with Gasteiger partial charge in [-0.05, 0) is 62.4 Å². The first-order valence-electron chi connectivity index (χ1n) is 14.0. The molecule has 0 spiro atoms. The minimum absolute atomic E-state index is 0.00460. The first-order valence-corrected chi connectivity index (χ1v) is 16.5. The summed E-state index contributed by atoms with van der Waals surface area (Å²) in [6.45, 7) is 15.2. The van der Waals surface area contributed by atoms with Crippen LogP contribution in [-0.2, 0) is 33.0 Å². The minimum Gasteiger partial charge on any atom is -0.377 e. The van der Waals surface area contributed by atoms with Crippen molar-refractivity contribution in [3.05, 3.63) is 0 Å². The van der Waals surface area contributed by atoms with E-state index in [4.69, 9.17) is 18.8 Å². The van der Waals surface area contributed by atoms with Crippen molar-refractivity contribution in [2.45, 2.75) is 117 Å². The molecule has 0 saturated carbocycles. The quantitative estimate of drug-likeness (QED) is 0.117. The van der Waals surface area contributed by atoms with Crippen LogP contribution in [0.3, 0.4) is 0 Å². The molecule has 1 N–H and O–H groups in total. The maximum atomic E-state index is 13.0. The fraction of sp³-hybridized carbons (Fsp3) is 0.923. The van der Waals surface area contributed by atoms with Gasteiger partial charge in [-0.3, -0.25) is 14.1 Å². The fourth-order valence-electron chi connectivity index (χ4n) is 4.62. The van der Waals surface area contributed by atoms with Crippen molar-refractivity contribution in [3.8, 4) is 0 Å². The molecule has 222 valence electrons. The standard InChI is InChI=1S/C26H49N2O8PS/c1-18(2)10-11-25(30)28-15-21(7)13-26(28)34-36-37(31,32)35-23-14-22(17-33-19(3)4)27(16-23)24(29)9-8-12-38-20(5)6/h18-23,26H,8-17H2,1-7H3,(H,31,32)/t21-,22+,23-,26-/m1/s1. The van der Waals surface area contributed by atoms with Crippen LogP contribution in [0.5, 0.6) is 0 Å². The maximum Gasteiger partial charge on any atom is 0.499 e. The van der Waals surface area contributed by atoms with Crippen molar-refractivity contribution in [1.82, 2.24) is 9.80 Å². The maximum absolute atomic E-state index is 13.0. The Morgan fingerprint density at radius 1 is 1.03 bits per heavy atom. The van der Waals surface area contributed by atoms with Gasteiger partial charge in [0.15, 0.2) is 6.23 Å². The lowest BCUT2D eigenvalue weighted by molar-refractivity contribution is -0.285.